The van der Waals surface area contributed by atoms with Gasteiger partial charge in [0.1, 0.15) is 16.4 Å². The van der Waals surface area contributed by atoms with E-state index in [4.69, 9.17) is 4.52 Å². The summed E-state index contributed by atoms with van der Waals surface area (Å²) in [5.74, 6) is 1.42. The van der Waals surface area contributed by atoms with E-state index in [1.807, 2.05) is 19.9 Å². The van der Waals surface area contributed by atoms with Gasteiger partial charge in [0.15, 0.2) is 0 Å². The highest BCUT2D eigenvalue weighted by molar-refractivity contribution is 7.18. The predicted octanol–water partition coefficient (Wildman–Crippen LogP) is 2.74. The highest BCUT2D eigenvalue weighted by Gasteiger charge is 2.13. The maximum Gasteiger partial charge on any atom is 0.259 e. The molecule has 3 heterocycles. The first-order chi connectivity index (χ1) is 9.58. The van der Waals surface area contributed by atoms with E-state index in [-0.39, 0.29) is 5.56 Å². The first kappa shape index (κ1) is 13.1. The number of aromatic amines is 1. The third kappa shape index (κ3) is 2.16. The number of nitrogens with one attached hydrogen (secondary N) is 1. The van der Waals surface area contributed by atoms with E-state index in [2.05, 4.69) is 22.0 Å². The monoisotopic (exact) mass is 289 g/mol. The summed E-state index contributed by atoms with van der Waals surface area (Å²) in [5, 5.41) is 4.60. The molecule has 3 aromatic heterocycles. The van der Waals surface area contributed by atoms with Gasteiger partial charge in [-0.25, -0.2) is 4.98 Å². The molecule has 0 radical (unpaired) electrons. The molecule has 0 fully saturated rings. The largest absolute Gasteiger partial charge is 0.361 e. The van der Waals surface area contributed by atoms with E-state index in [0.29, 0.717) is 17.6 Å². The fourth-order valence-electron chi connectivity index (χ4n) is 2.21. The van der Waals surface area contributed by atoms with Crippen molar-refractivity contribution in [2.24, 2.45) is 0 Å². The molecule has 1 N–H and O–H groups in total. The Balaban J connectivity index is 2.06. The van der Waals surface area contributed by atoms with Crippen molar-refractivity contribution in [3.63, 3.8) is 0 Å². The van der Waals surface area contributed by atoms with Crippen LogP contribution in [0.5, 0.6) is 0 Å². The molecule has 0 atom stereocenters. The molecule has 0 amide bonds. The lowest BCUT2D eigenvalue weighted by atomic mass is 10.1. The van der Waals surface area contributed by atoms with Crippen molar-refractivity contribution in [3.8, 4) is 0 Å². The second kappa shape index (κ2) is 4.86. The average Bonchev–Trinajstić information content (AvgIpc) is 2.97. The van der Waals surface area contributed by atoms with Crippen molar-refractivity contribution >= 4 is 21.6 Å². The number of fused-ring (bicyclic) bond motifs is 1. The summed E-state index contributed by atoms with van der Waals surface area (Å²) < 4.78 is 5.14. The number of thiophene rings is 1. The normalized spacial score (nSPS) is 11.3. The van der Waals surface area contributed by atoms with Gasteiger partial charge in [-0.15, -0.1) is 11.3 Å². The second-order valence-corrected chi connectivity index (χ2v) is 5.89. The summed E-state index contributed by atoms with van der Waals surface area (Å²) >= 11 is 1.58. The van der Waals surface area contributed by atoms with Crippen molar-refractivity contribution in [3.05, 3.63) is 44.1 Å². The number of hydrogen-bond acceptors (Lipinski definition) is 5. The smallest absolute Gasteiger partial charge is 0.259 e. The molecule has 0 spiro atoms. The van der Waals surface area contributed by atoms with Gasteiger partial charge >= 0.3 is 0 Å². The fourth-order valence-corrected chi connectivity index (χ4v) is 3.19. The minimum Gasteiger partial charge on any atom is -0.361 e. The third-order valence-corrected chi connectivity index (χ3v) is 4.55. The summed E-state index contributed by atoms with van der Waals surface area (Å²) in [6.45, 7) is 5.83. The number of aromatic nitrogens is 3. The van der Waals surface area contributed by atoms with Crippen LogP contribution in [-0.4, -0.2) is 15.1 Å². The minimum absolute atomic E-state index is 0.0762. The maximum atomic E-state index is 12.1. The SMILES string of the molecule is CCc1cc2c(=O)[nH]c(Cc3c(C)noc3C)nc2s1. The topological polar surface area (TPSA) is 71.8 Å². The van der Waals surface area contributed by atoms with Crippen molar-refractivity contribution in [1.29, 1.82) is 0 Å². The van der Waals surface area contributed by atoms with E-state index in [0.717, 1.165) is 28.3 Å². The molecule has 3 aromatic rings. The zero-order valence-electron chi connectivity index (χ0n) is 11.6. The summed E-state index contributed by atoms with van der Waals surface area (Å²) in [5.41, 5.74) is 1.75. The molecule has 0 unspecified atom stereocenters. The van der Waals surface area contributed by atoms with Gasteiger partial charge in [-0.2, -0.15) is 0 Å². The number of H-pyrrole nitrogens is 1. The van der Waals surface area contributed by atoms with E-state index in [1.165, 1.54) is 4.88 Å². The molecule has 20 heavy (non-hydrogen) atoms. The number of hydrogen-bond donors (Lipinski definition) is 1. The van der Waals surface area contributed by atoms with Crippen LogP contribution < -0.4 is 5.56 Å². The molecule has 0 aliphatic heterocycles. The van der Waals surface area contributed by atoms with Crippen LogP contribution in [-0.2, 0) is 12.8 Å². The summed E-state index contributed by atoms with van der Waals surface area (Å²) in [6, 6.07) is 1.92. The van der Waals surface area contributed by atoms with Crippen LogP contribution >= 0.6 is 11.3 Å². The van der Waals surface area contributed by atoms with Crippen LogP contribution in [0.2, 0.25) is 0 Å². The lowest BCUT2D eigenvalue weighted by Gasteiger charge is -2.00. The maximum absolute atomic E-state index is 12.1. The van der Waals surface area contributed by atoms with Crippen molar-refractivity contribution in [1.82, 2.24) is 15.1 Å². The van der Waals surface area contributed by atoms with Crippen LogP contribution in [0.3, 0.4) is 0 Å². The Morgan fingerprint density at radius 2 is 2.20 bits per heavy atom. The Bertz CT molecular complexity index is 809. The fraction of sp³-hybridized carbons (Fsp3) is 0.357. The molecule has 0 bridgehead atoms. The van der Waals surface area contributed by atoms with E-state index in [9.17, 15) is 4.79 Å². The molecule has 0 saturated carbocycles. The summed E-state index contributed by atoms with van der Waals surface area (Å²) in [6.07, 6.45) is 1.45. The van der Waals surface area contributed by atoms with Gasteiger partial charge in [-0.05, 0) is 26.3 Å². The summed E-state index contributed by atoms with van der Waals surface area (Å²) in [4.78, 5) is 21.5. The zero-order valence-corrected chi connectivity index (χ0v) is 12.4. The average molecular weight is 289 g/mol. The predicted molar refractivity (Wildman–Crippen MR) is 78.4 cm³/mol. The lowest BCUT2D eigenvalue weighted by molar-refractivity contribution is 0.392. The highest BCUT2D eigenvalue weighted by Crippen LogP contribution is 2.22. The number of nitrogens with zero attached hydrogens (tertiary/aromatic N) is 2. The number of rotatable bonds is 3. The summed E-state index contributed by atoms with van der Waals surface area (Å²) in [7, 11) is 0. The number of aryl methyl sites for hydroxylation is 3. The van der Waals surface area contributed by atoms with Crippen LogP contribution in [0.4, 0.5) is 0 Å². The van der Waals surface area contributed by atoms with Crippen LogP contribution in [0, 0.1) is 13.8 Å². The van der Waals surface area contributed by atoms with Gasteiger partial charge in [0, 0.05) is 16.9 Å². The van der Waals surface area contributed by atoms with Gasteiger partial charge in [-0.3, -0.25) is 4.79 Å². The van der Waals surface area contributed by atoms with Gasteiger partial charge in [-0.1, -0.05) is 12.1 Å². The molecule has 0 aliphatic rings. The quantitative estimate of drug-likeness (QED) is 0.804. The molecule has 3 rings (SSSR count). The Morgan fingerprint density at radius 1 is 1.40 bits per heavy atom. The first-order valence-electron chi connectivity index (χ1n) is 6.52. The van der Waals surface area contributed by atoms with E-state index < -0.39 is 0 Å². The van der Waals surface area contributed by atoms with Gasteiger partial charge in [0.2, 0.25) is 0 Å². The van der Waals surface area contributed by atoms with E-state index >= 15 is 0 Å². The lowest BCUT2D eigenvalue weighted by Crippen LogP contribution is -2.11. The molecule has 6 heteroatoms. The molecular formula is C14H15N3O2S. The Kier molecular flexibility index (Phi) is 3.17. The molecule has 5 nitrogen and oxygen atoms in total. The van der Waals surface area contributed by atoms with Crippen LogP contribution in [0.25, 0.3) is 10.2 Å². The Labute approximate surface area is 119 Å². The van der Waals surface area contributed by atoms with Crippen molar-refractivity contribution in [2.45, 2.75) is 33.6 Å². The van der Waals surface area contributed by atoms with Crippen molar-refractivity contribution in [2.75, 3.05) is 0 Å². The van der Waals surface area contributed by atoms with Crippen molar-refractivity contribution < 1.29 is 4.52 Å². The van der Waals surface area contributed by atoms with Gasteiger partial charge in [0.05, 0.1) is 11.1 Å². The first-order valence-corrected chi connectivity index (χ1v) is 7.33. The van der Waals surface area contributed by atoms with Gasteiger partial charge < -0.3 is 9.51 Å². The van der Waals surface area contributed by atoms with Crippen LogP contribution in [0.1, 0.15) is 34.6 Å². The Morgan fingerprint density at radius 3 is 2.85 bits per heavy atom. The van der Waals surface area contributed by atoms with E-state index in [1.54, 1.807) is 11.3 Å². The highest BCUT2D eigenvalue weighted by atomic mass is 32.1. The molecular weight excluding hydrogens is 274 g/mol. The standard InChI is InChI=1S/C14H15N3O2S/c1-4-9-5-11-13(18)15-12(16-14(11)20-9)6-10-7(2)17-19-8(10)3/h5H,4,6H2,1-3H3,(H,15,16,18). The van der Waals surface area contributed by atoms with Crippen LogP contribution in [0.15, 0.2) is 15.4 Å². The molecule has 0 saturated heterocycles. The molecule has 0 aromatic carbocycles. The second-order valence-electron chi connectivity index (χ2n) is 4.78. The van der Waals surface area contributed by atoms with Gasteiger partial charge in [0.25, 0.3) is 5.56 Å². The zero-order chi connectivity index (χ0) is 14.3. The minimum atomic E-state index is -0.0762. The Hall–Kier alpha value is -1.95. The third-order valence-electron chi connectivity index (χ3n) is 3.38. The molecule has 104 valence electrons. The molecule has 0 aliphatic carbocycles.